The molecule has 1 rings (SSSR count). The zero-order valence-electron chi connectivity index (χ0n) is 6.99. The van der Waals surface area contributed by atoms with E-state index in [1.807, 2.05) is 0 Å². The number of aliphatic hydroxyl groups excluding tert-OH is 1. The summed E-state index contributed by atoms with van der Waals surface area (Å²) in [7, 11) is 0. The van der Waals surface area contributed by atoms with E-state index in [1.54, 1.807) is 25.3 Å². The Balaban J connectivity index is 2.57. The van der Waals surface area contributed by atoms with Crippen molar-refractivity contribution in [3.05, 3.63) is 18.3 Å². The first-order chi connectivity index (χ1) is 5.70. The lowest BCUT2D eigenvalue weighted by molar-refractivity contribution is 0.208. The Bertz CT molecular complexity index is 250. The number of anilines is 2. The number of pyridine rings is 1. The van der Waals surface area contributed by atoms with Crippen LogP contribution in [0.2, 0.25) is 0 Å². The van der Waals surface area contributed by atoms with Gasteiger partial charge in [-0.1, -0.05) is 0 Å². The van der Waals surface area contributed by atoms with Crippen LogP contribution in [0.4, 0.5) is 11.5 Å². The van der Waals surface area contributed by atoms with E-state index in [-0.39, 0.29) is 0 Å². The molecule has 1 unspecified atom stereocenters. The van der Waals surface area contributed by atoms with Crippen molar-refractivity contribution in [2.24, 2.45) is 0 Å². The third-order valence-corrected chi connectivity index (χ3v) is 1.40. The van der Waals surface area contributed by atoms with Gasteiger partial charge in [0.25, 0.3) is 0 Å². The number of hydrogen-bond acceptors (Lipinski definition) is 4. The molecule has 66 valence electrons. The Morgan fingerprint density at radius 3 is 3.08 bits per heavy atom. The van der Waals surface area contributed by atoms with E-state index >= 15 is 0 Å². The molecule has 0 aliphatic heterocycles. The smallest absolute Gasteiger partial charge is 0.149 e. The molecule has 4 N–H and O–H groups in total. The third kappa shape index (κ3) is 2.39. The van der Waals surface area contributed by atoms with E-state index in [9.17, 15) is 0 Å². The molecule has 0 bridgehead atoms. The van der Waals surface area contributed by atoms with Crippen LogP contribution in [0.1, 0.15) is 6.92 Å². The van der Waals surface area contributed by atoms with Gasteiger partial charge < -0.3 is 16.2 Å². The number of nitrogens with zero attached hydrogens (tertiary/aromatic N) is 1. The van der Waals surface area contributed by atoms with Crippen molar-refractivity contribution in [3.8, 4) is 0 Å². The monoisotopic (exact) mass is 167 g/mol. The maximum Gasteiger partial charge on any atom is 0.149 e. The quantitative estimate of drug-likeness (QED) is 0.611. The van der Waals surface area contributed by atoms with Crippen molar-refractivity contribution in [1.29, 1.82) is 0 Å². The second kappa shape index (κ2) is 3.92. The predicted molar refractivity (Wildman–Crippen MR) is 48.8 cm³/mol. The van der Waals surface area contributed by atoms with Crippen LogP contribution < -0.4 is 11.1 Å². The van der Waals surface area contributed by atoms with E-state index < -0.39 is 6.10 Å². The SMILES string of the molecule is CC(O)CNc1ncccc1N. The van der Waals surface area contributed by atoms with E-state index in [1.165, 1.54) is 0 Å². The molecule has 0 aromatic carbocycles. The fraction of sp³-hybridized carbons (Fsp3) is 0.375. The second-order valence-electron chi connectivity index (χ2n) is 2.67. The Labute approximate surface area is 71.4 Å². The zero-order chi connectivity index (χ0) is 8.97. The molecule has 0 saturated heterocycles. The average Bonchev–Trinajstić information content (AvgIpc) is 2.03. The molecule has 1 heterocycles. The van der Waals surface area contributed by atoms with Gasteiger partial charge in [0.05, 0.1) is 11.8 Å². The van der Waals surface area contributed by atoms with Crippen LogP contribution in [0.25, 0.3) is 0 Å². The minimum Gasteiger partial charge on any atom is -0.396 e. The van der Waals surface area contributed by atoms with Crippen molar-refractivity contribution in [2.45, 2.75) is 13.0 Å². The van der Waals surface area contributed by atoms with Crippen LogP contribution in [0.5, 0.6) is 0 Å². The standard InChI is InChI=1S/C8H13N3O/c1-6(12)5-11-8-7(9)3-2-4-10-8/h2-4,6,12H,5,9H2,1H3,(H,10,11). The van der Waals surface area contributed by atoms with Crippen molar-refractivity contribution >= 4 is 11.5 Å². The second-order valence-corrected chi connectivity index (χ2v) is 2.67. The van der Waals surface area contributed by atoms with E-state index in [4.69, 9.17) is 10.8 Å². The highest BCUT2D eigenvalue weighted by Crippen LogP contribution is 2.12. The van der Waals surface area contributed by atoms with Gasteiger partial charge in [-0.25, -0.2) is 4.98 Å². The maximum atomic E-state index is 8.97. The number of rotatable bonds is 3. The molecule has 1 aromatic heterocycles. The summed E-state index contributed by atoms with van der Waals surface area (Å²) in [5.41, 5.74) is 6.20. The van der Waals surface area contributed by atoms with Crippen LogP contribution in [-0.4, -0.2) is 22.7 Å². The Morgan fingerprint density at radius 2 is 2.50 bits per heavy atom. The number of aliphatic hydroxyl groups is 1. The van der Waals surface area contributed by atoms with Crippen LogP contribution >= 0.6 is 0 Å². The lowest BCUT2D eigenvalue weighted by atomic mass is 10.3. The minimum atomic E-state index is -0.397. The largest absolute Gasteiger partial charge is 0.396 e. The molecule has 0 amide bonds. The molecular weight excluding hydrogens is 154 g/mol. The Hall–Kier alpha value is -1.29. The molecule has 0 aliphatic carbocycles. The fourth-order valence-electron chi connectivity index (χ4n) is 0.810. The van der Waals surface area contributed by atoms with Crippen molar-refractivity contribution < 1.29 is 5.11 Å². The first-order valence-electron chi connectivity index (χ1n) is 3.82. The first kappa shape index (κ1) is 8.80. The van der Waals surface area contributed by atoms with Gasteiger partial charge in [-0.3, -0.25) is 0 Å². The van der Waals surface area contributed by atoms with Crippen LogP contribution in [-0.2, 0) is 0 Å². The number of nitrogens with two attached hydrogens (primary N) is 1. The molecule has 0 saturated carbocycles. The molecule has 0 radical (unpaired) electrons. The number of nitrogen functional groups attached to an aromatic ring is 1. The summed E-state index contributed by atoms with van der Waals surface area (Å²) in [4.78, 5) is 4.00. The zero-order valence-corrected chi connectivity index (χ0v) is 6.99. The summed E-state index contributed by atoms with van der Waals surface area (Å²) in [6.07, 6.45) is 1.26. The summed E-state index contributed by atoms with van der Waals surface area (Å²) in [6, 6.07) is 3.53. The van der Waals surface area contributed by atoms with E-state index in [2.05, 4.69) is 10.3 Å². The van der Waals surface area contributed by atoms with Gasteiger partial charge in [0.1, 0.15) is 5.82 Å². The summed E-state index contributed by atoms with van der Waals surface area (Å²) in [6.45, 7) is 2.16. The van der Waals surface area contributed by atoms with Gasteiger partial charge in [-0.05, 0) is 19.1 Å². The summed E-state index contributed by atoms with van der Waals surface area (Å²) in [5, 5.41) is 11.9. The van der Waals surface area contributed by atoms with Gasteiger partial charge in [-0.2, -0.15) is 0 Å². The van der Waals surface area contributed by atoms with Crippen molar-refractivity contribution in [3.63, 3.8) is 0 Å². The van der Waals surface area contributed by atoms with Gasteiger partial charge >= 0.3 is 0 Å². The number of hydrogen-bond donors (Lipinski definition) is 3. The van der Waals surface area contributed by atoms with Crippen LogP contribution in [0, 0.1) is 0 Å². The molecule has 0 fully saturated rings. The normalized spacial score (nSPS) is 12.5. The van der Waals surface area contributed by atoms with E-state index in [0.717, 1.165) is 0 Å². The van der Waals surface area contributed by atoms with Gasteiger partial charge in [0.15, 0.2) is 0 Å². The Morgan fingerprint density at radius 1 is 1.75 bits per heavy atom. The topological polar surface area (TPSA) is 71.2 Å². The molecule has 0 spiro atoms. The third-order valence-electron chi connectivity index (χ3n) is 1.40. The number of nitrogens with one attached hydrogen (secondary N) is 1. The van der Waals surface area contributed by atoms with Crippen molar-refractivity contribution in [1.82, 2.24) is 4.98 Å². The molecule has 4 heteroatoms. The highest BCUT2D eigenvalue weighted by atomic mass is 16.3. The minimum absolute atomic E-state index is 0.397. The molecule has 12 heavy (non-hydrogen) atoms. The maximum absolute atomic E-state index is 8.97. The van der Waals surface area contributed by atoms with Crippen LogP contribution in [0.3, 0.4) is 0 Å². The number of aromatic nitrogens is 1. The average molecular weight is 167 g/mol. The molecule has 1 aromatic rings. The summed E-state index contributed by atoms with van der Waals surface area (Å²) < 4.78 is 0. The van der Waals surface area contributed by atoms with Crippen LogP contribution in [0.15, 0.2) is 18.3 Å². The van der Waals surface area contributed by atoms with E-state index in [0.29, 0.717) is 18.1 Å². The molecule has 1 atom stereocenters. The fourth-order valence-corrected chi connectivity index (χ4v) is 0.810. The lowest BCUT2D eigenvalue weighted by Gasteiger charge is -2.08. The van der Waals surface area contributed by atoms with Crippen molar-refractivity contribution in [2.75, 3.05) is 17.6 Å². The molecular formula is C8H13N3O. The summed E-state index contributed by atoms with van der Waals surface area (Å²) >= 11 is 0. The highest BCUT2D eigenvalue weighted by molar-refractivity contribution is 5.60. The molecule has 0 aliphatic rings. The Kier molecular flexibility index (Phi) is 2.88. The molecule has 4 nitrogen and oxygen atoms in total. The van der Waals surface area contributed by atoms with Gasteiger partial charge in [0, 0.05) is 12.7 Å². The predicted octanol–water partition coefficient (Wildman–Crippen LogP) is 0.457. The first-order valence-corrected chi connectivity index (χ1v) is 3.82. The van der Waals surface area contributed by atoms with Gasteiger partial charge in [0.2, 0.25) is 0 Å². The lowest BCUT2D eigenvalue weighted by Crippen LogP contribution is -2.16. The highest BCUT2D eigenvalue weighted by Gasteiger charge is 1.99. The van der Waals surface area contributed by atoms with Gasteiger partial charge in [-0.15, -0.1) is 0 Å². The summed E-state index contributed by atoms with van der Waals surface area (Å²) in [5.74, 6) is 0.624.